The van der Waals surface area contributed by atoms with E-state index < -0.39 is 12.2 Å². The van der Waals surface area contributed by atoms with Crippen LogP contribution in [0.25, 0.3) is 0 Å². The van der Waals surface area contributed by atoms with Crippen LogP contribution in [0.5, 0.6) is 0 Å². The van der Waals surface area contributed by atoms with Gasteiger partial charge in [0.05, 0.1) is 0 Å². The first-order chi connectivity index (χ1) is 17.0. The van der Waals surface area contributed by atoms with Crippen molar-refractivity contribution >= 4 is 29.1 Å². The Morgan fingerprint density at radius 3 is 2.14 bits per heavy atom. The van der Waals surface area contributed by atoms with Crippen LogP contribution in [-0.2, 0) is 29.1 Å². The number of ether oxygens (including phenoxy) is 2. The molecule has 0 saturated heterocycles. The minimum absolute atomic E-state index is 0.0994. The second-order valence-corrected chi connectivity index (χ2v) is 10.0. The molecule has 1 unspecified atom stereocenters. The molecule has 7 nitrogen and oxygen atoms in total. The van der Waals surface area contributed by atoms with Crippen LogP contribution in [0.3, 0.4) is 0 Å². The number of amides is 2. The van der Waals surface area contributed by atoms with E-state index in [9.17, 15) is 14.7 Å². The lowest BCUT2D eigenvalue weighted by atomic mass is 9.71. The Morgan fingerprint density at radius 2 is 1.51 bits per heavy atom. The topological polar surface area (TPSA) is 97.2 Å². The molecule has 1 atom stereocenters. The normalized spacial score (nSPS) is 23.8. The van der Waals surface area contributed by atoms with E-state index in [1.807, 2.05) is 24.3 Å². The summed E-state index contributed by atoms with van der Waals surface area (Å²) >= 11 is 1.12. The van der Waals surface area contributed by atoms with Crippen molar-refractivity contribution in [3.8, 4) is 0 Å². The molecule has 2 N–H and O–H groups in total. The van der Waals surface area contributed by atoms with Crippen LogP contribution >= 0.6 is 11.8 Å². The van der Waals surface area contributed by atoms with Gasteiger partial charge in [0.15, 0.2) is 5.17 Å². The molecule has 4 bridgehead atoms. The van der Waals surface area contributed by atoms with Crippen molar-refractivity contribution < 1.29 is 24.2 Å². The van der Waals surface area contributed by atoms with Gasteiger partial charge >= 0.3 is 12.2 Å². The number of aliphatic hydroxyl groups excluding tert-OH is 1. The minimum Gasteiger partial charge on any atom is -0.444 e. The van der Waals surface area contributed by atoms with Gasteiger partial charge in [0.25, 0.3) is 0 Å². The number of aliphatic hydroxyl groups is 1. The van der Waals surface area contributed by atoms with Crippen LogP contribution in [0.1, 0.15) is 53.9 Å². The number of carbonyl (C=O) groups excluding carboxylic acids is 2. The van der Waals surface area contributed by atoms with Crippen molar-refractivity contribution in [3.05, 3.63) is 70.8 Å². The molecule has 3 aliphatic heterocycles. The van der Waals surface area contributed by atoms with Gasteiger partial charge in [-0.1, -0.05) is 60.3 Å². The fourth-order valence-corrected chi connectivity index (χ4v) is 5.22. The molecule has 2 aromatic rings. The molecular weight excluding hydrogens is 464 g/mol. The summed E-state index contributed by atoms with van der Waals surface area (Å²) in [6.07, 6.45) is 5.48. The van der Waals surface area contributed by atoms with E-state index in [0.717, 1.165) is 55.0 Å². The van der Waals surface area contributed by atoms with Gasteiger partial charge in [-0.15, -0.1) is 0 Å². The molecular formula is C27H32N2O5S. The first-order valence-electron chi connectivity index (χ1n) is 12.0. The molecule has 1 saturated carbocycles. The lowest BCUT2D eigenvalue weighted by Crippen LogP contribution is -2.29. The van der Waals surface area contributed by atoms with Crippen LogP contribution in [-0.4, -0.2) is 35.3 Å². The minimum atomic E-state index is -0.773. The number of carbonyl (C=O) groups is 2. The fraction of sp³-hybridized carbons (Fsp3) is 0.444. The quantitative estimate of drug-likeness (QED) is 0.577. The summed E-state index contributed by atoms with van der Waals surface area (Å²) < 4.78 is 10.6. The lowest BCUT2D eigenvalue weighted by molar-refractivity contribution is 0.145. The van der Waals surface area contributed by atoms with Gasteiger partial charge in [0.1, 0.15) is 13.2 Å². The zero-order valence-electron chi connectivity index (χ0n) is 19.9. The summed E-state index contributed by atoms with van der Waals surface area (Å²) in [5.74, 6) is 1.31. The maximum absolute atomic E-state index is 12.2. The predicted octanol–water partition coefficient (Wildman–Crippen LogP) is 5.41. The smallest absolute Gasteiger partial charge is 0.436 e. The van der Waals surface area contributed by atoms with Gasteiger partial charge in [-0.25, -0.2) is 9.59 Å². The molecule has 6 rings (SSSR count). The zero-order chi connectivity index (χ0) is 24.6. The Labute approximate surface area is 210 Å². The van der Waals surface area contributed by atoms with Crippen molar-refractivity contribution in [2.45, 2.75) is 51.2 Å². The molecule has 1 fully saturated rings. The summed E-state index contributed by atoms with van der Waals surface area (Å²) in [4.78, 5) is 28.1. The van der Waals surface area contributed by atoms with E-state index in [0.29, 0.717) is 17.8 Å². The molecule has 3 heterocycles. The highest BCUT2D eigenvalue weighted by atomic mass is 32.2. The molecule has 8 heteroatoms. The number of rotatable bonds is 2. The standard InChI is InChI=1S/C27H32N2O5S/c1-35-25-28-26(31)33-16-20-4-2-18(3-5-20)14-24(22-10-6-19(15-30)7-11-22)23-12-8-21(9-13-23)17-34-27(32)29-25/h2-5,8-9,12-13,19,22,24,30H,6-7,10-11,14-17H2,1H3,(H,28,29,31,32). The van der Waals surface area contributed by atoms with Crippen LogP contribution in [0, 0.1) is 11.8 Å². The maximum Gasteiger partial charge on any atom is 0.436 e. The van der Waals surface area contributed by atoms with Crippen LogP contribution in [0.15, 0.2) is 53.5 Å². The van der Waals surface area contributed by atoms with Gasteiger partial charge < -0.3 is 14.6 Å². The van der Waals surface area contributed by atoms with E-state index in [-0.39, 0.29) is 25.0 Å². The highest BCUT2D eigenvalue weighted by Crippen LogP contribution is 2.40. The Hall–Kier alpha value is -2.84. The highest BCUT2D eigenvalue weighted by Gasteiger charge is 2.28. The largest absolute Gasteiger partial charge is 0.444 e. The number of fused-ring (bicyclic) bond motifs is 2. The van der Waals surface area contributed by atoms with Crippen molar-refractivity contribution in [2.75, 3.05) is 12.9 Å². The number of nitrogens with zero attached hydrogens (tertiary/aromatic N) is 1. The van der Waals surface area contributed by atoms with Gasteiger partial charge in [0, 0.05) is 6.61 Å². The van der Waals surface area contributed by atoms with Crippen molar-refractivity contribution in [2.24, 2.45) is 16.8 Å². The summed E-state index contributed by atoms with van der Waals surface area (Å²) in [6.45, 7) is 0.491. The van der Waals surface area contributed by atoms with E-state index >= 15 is 0 Å². The summed E-state index contributed by atoms with van der Waals surface area (Å²) in [5.41, 5.74) is 4.27. The zero-order valence-corrected chi connectivity index (χ0v) is 20.8. The Kier molecular flexibility index (Phi) is 8.82. The molecule has 186 valence electrons. The van der Waals surface area contributed by atoms with Gasteiger partial charge in [0.2, 0.25) is 0 Å². The average molecular weight is 497 g/mol. The third kappa shape index (κ3) is 7.08. The van der Waals surface area contributed by atoms with Gasteiger partial charge in [-0.05, 0) is 78.4 Å². The third-order valence-electron chi connectivity index (χ3n) is 6.93. The van der Waals surface area contributed by atoms with Crippen LogP contribution in [0.4, 0.5) is 9.59 Å². The van der Waals surface area contributed by atoms with Gasteiger partial charge in [-0.2, -0.15) is 4.99 Å². The van der Waals surface area contributed by atoms with E-state index in [4.69, 9.17) is 9.47 Å². The molecule has 1 aliphatic carbocycles. The third-order valence-corrected chi connectivity index (χ3v) is 7.51. The van der Waals surface area contributed by atoms with Crippen molar-refractivity contribution in [1.29, 1.82) is 0 Å². The summed E-state index contributed by atoms with van der Waals surface area (Å²) in [7, 11) is 0. The lowest BCUT2D eigenvalue weighted by Gasteiger charge is -2.34. The number of alkyl carbamates (subject to hydrolysis) is 1. The van der Waals surface area contributed by atoms with E-state index in [1.54, 1.807) is 6.26 Å². The number of nitrogens with one attached hydrogen (secondary N) is 1. The molecule has 0 radical (unpaired) electrons. The SMILES string of the molecule is CSC1=NC(=O)OCc2ccc(cc2)C(C2CCC(CO)CC2)Cc2ccc(cc2)COC(=O)N1. The maximum atomic E-state index is 12.2. The Balaban J connectivity index is 1.60. The summed E-state index contributed by atoms with van der Waals surface area (Å²) in [5, 5.41) is 12.2. The van der Waals surface area contributed by atoms with E-state index in [2.05, 4.69) is 34.6 Å². The highest BCUT2D eigenvalue weighted by molar-refractivity contribution is 8.13. The number of hydrogen-bond donors (Lipinski definition) is 2. The number of benzene rings is 2. The van der Waals surface area contributed by atoms with E-state index in [1.165, 1.54) is 11.1 Å². The number of aliphatic imine (C=N–C) groups is 1. The first kappa shape index (κ1) is 25.3. The molecule has 0 spiro atoms. The number of thioether (sulfide) groups is 1. The second-order valence-electron chi connectivity index (χ2n) is 9.21. The number of amidine groups is 1. The van der Waals surface area contributed by atoms with Crippen LogP contribution in [0.2, 0.25) is 0 Å². The monoisotopic (exact) mass is 496 g/mol. The molecule has 4 aliphatic rings. The van der Waals surface area contributed by atoms with Crippen molar-refractivity contribution in [3.63, 3.8) is 0 Å². The summed E-state index contributed by atoms with van der Waals surface area (Å²) in [6, 6.07) is 16.5. The molecule has 0 aromatic heterocycles. The van der Waals surface area contributed by atoms with Crippen molar-refractivity contribution in [1.82, 2.24) is 5.32 Å². The predicted molar refractivity (Wildman–Crippen MR) is 136 cm³/mol. The second kappa shape index (κ2) is 12.2. The Morgan fingerprint density at radius 1 is 0.914 bits per heavy atom. The Bertz CT molecular complexity index is 1030. The average Bonchev–Trinajstić information content (AvgIpc) is 2.90. The fourth-order valence-electron chi connectivity index (χ4n) is 4.87. The van der Waals surface area contributed by atoms with Gasteiger partial charge in [-0.3, -0.25) is 5.32 Å². The molecule has 2 aromatic carbocycles. The molecule has 2 amide bonds. The molecule has 35 heavy (non-hydrogen) atoms. The number of hydrogen-bond acceptors (Lipinski definition) is 6. The first-order valence-corrected chi connectivity index (χ1v) is 13.3. The van der Waals surface area contributed by atoms with Crippen LogP contribution < -0.4 is 5.32 Å².